The van der Waals surface area contributed by atoms with Gasteiger partial charge in [-0.1, -0.05) is 26.0 Å². The minimum atomic E-state index is -0.867. The van der Waals surface area contributed by atoms with E-state index >= 15 is 0 Å². The van der Waals surface area contributed by atoms with Crippen LogP contribution in [0.2, 0.25) is 0 Å². The molecule has 4 aliphatic rings. The molecule has 26 heavy (non-hydrogen) atoms. The molecular formula is C22H30O4. The van der Waals surface area contributed by atoms with Crippen molar-refractivity contribution < 1.29 is 19.8 Å². The number of aliphatic carboxylic acids is 1. The highest BCUT2D eigenvalue weighted by Gasteiger charge is 2.62. The summed E-state index contributed by atoms with van der Waals surface area (Å²) in [6.45, 7) is 4.51. The smallest absolute Gasteiger partial charge is 0.303 e. The van der Waals surface area contributed by atoms with Crippen LogP contribution in [0.5, 0.6) is 0 Å². The number of carboxylic acids is 1. The van der Waals surface area contributed by atoms with Crippen molar-refractivity contribution in [2.24, 2.45) is 28.6 Å². The van der Waals surface area contributed by atoms with Crippen LogP contribution in [-0.2, 0) is 9.59 Å². The first kappa shape index (κ1) is 18.0. The van der Waals surface area contributed by atoms with Crippen molar-refractivity contribution in [2.45, 2.75) is 70.8 Å². The lowest BCUT2D eigenvalue weighted by Crippen LogP contribution is -2.53. The van der Waals surface area contributed by atoms with Crippen LogP contribution in [0.3, 0.4) is 0 Å². The van der Waals surface area contributed by atoms with Gasteiger partial charge in [-0.05, 0) is 78.8 Å². The van der Waals surface area contributed by atoms with Gasteiger partial charge in [0.05, 0.1) is 5.60 Å². The van der Waals surface area contributed by atoms with Gasteiger partial charge in [-0.25, -0.2) is 0 Å². The molecule has 0 aromatic rings. The number of carbonyl (C=O) groups excluding carboxylic acids is 1. The van der Waals surface area contributed by atoms with Gasteiger partial charge < -0.3 is 10.2 Å². The van der Waals surface area contributed by atoms with Gasteiger partial charge in [-0.2, -0.15) is 0 Å². The number of aliphatic hydroxyl groups is 1. The average Bonchev–Trinajstić information content (AvgIpc) is 2.86. The van der Waals surface area contributed by atoms with E-state index in [0.29, 0.717) is 37.0 Å². The summed E-state index contributed by atoms with van der Waals surface area (Å²) >= 11 is 0. The zero-order valence-electron chi connectivity index (χ0n) is 15.8. The third-order valence-corrected chi connectivity index (χ3v) is 8.59. The summed E-state index contributed by atoms with van der Waals surface area (Å²) in [7, 11) is 0. The molecule has 0 aliphatic heterocycles. The molecule has 4 rings (SSSR count). The van der Waals surface area contributed by atoms with E-state index in [1.54, 1.807) is 0 Å². The molecule has 0 bridgehead atoms. The molecule has 0 amide bonds. The predicted octanol–water partition coefficient (Wildman–Crippen LogP) is 3.89. The molecule has 4 heteroatoms. The summed E-state index contributed by atoms with van der Waals surface area (Å²) in [5.74, 6) is 0.748. The fourth-order valence-electron chi connectivity index (χ4n) is 6.83. The molecule has 0 aromatic heterocycles. The van der Waals surface area contributed by atoms with Crippen LogP contribution >= 0.6 is 0 Å². The number of ketones is 1. The van der Waals surface area contributed by atoms with E-state index < -0.39 is 11.6 Å². The molecule has 0 heterocycles. The largest absolute Gasteiger partial charge is 0.481 e. The van der Waals surface area contributed by atoms with Crippen LogP contribution in [0.25, 0.3) is 0 Å². The van der Waals surface area contributed by atoms with E-state index in [0.717, 1.165) is 25.7 Å². The Morgan fingerprint density at radius 2 is 1.92 bits per heavy atom. The quantitative estimate of drug-likeness (QED) is 0.802. The minimum absolute atomic E-state index is 0.0372. The van der Waals surface area contributed by atoms with Crippen molar-refractivity contribution in [1.29, 1.82) is 0 Å². The fraction of sp³-hybridized carbons (Fsp3) is 0.727. The lowest BCUT2D eigenvalue weighted by atomic mass is 9.48. The van der Waals surface area contributed by atoms with Crippen molar-refractivity contribution in [3.05, 3.63) is 23.8 Å². The van der Waals surface area contributed by atoms with Gasteiger partial charge in [0, 0.05) is 12.8 Å². The number of fused-ring (bicyclic) bond motifs is 5. The highest BCUT2D eigenvalue weighted by molar-refractivity contribution is 5.92. The van der Waals surface area contributed by atoms with E-state index in [1.807, 2.05) is 6.08 Å². The van der Waals surface area contributed by atoms with E-state index in [-0.39, 0.29) is 23.0 Å². The topological polar surface area (TPSA) is 74.6 Å². The summed E-state index contributed by atoms with van der Waals surface area (Å²) in [4.78, 5) is 22.9. The zero-order valence-corrected chi connectivity index (χ0v) is 15.8. The van der Waals surface area contributed by atoms with Crippen molar-refractivity contribution in [2.75, 3.05) is 0 Å². The summed E-state index contributed by atoms with van der Waals surface area (Å²) in [5, 5.41) is 20.5. The van der Waals surface area contributed by atoms with Crippen LogP contribution in [0.15, 0.2) is 23.8 Å². The SMILES string of the molecule is C[C@@]12CCC(=O)C=C1C=CC1C2CC[C@]2(C)C1CC[C@]2(O)CCC(=O)O. The normalized spacial score (nSPS) is 47.0. The number of carbonyl (C=O) groups is 2. The van der Waals surface area contributed by atoms with Gasteiger partial charge >= 0.3 is 5.97 Å². The summed E-state index contributed by atoms with van der Waals surface area (Å²) in [6, 6.07) is 0. The van der Waals surface area contributed by atoms with E-state index in [9.17, 15) is 14.7 Å². The zero-order chi connectivity index (χ0) is 18.7. The molecule has 2 fully saturated rings. The Hall–Kier alpha value is -1.42. The van der Waals surface area contributed by atoms with Gasteiger partial charge in [0.25, 0.3) is 0 Å². The summed E-state index contributed by atoms with van der Waals surface area (Å²) < 4.78 is 0. The first-order valence-electron chi connectivity index (χ1n) is 10.1. The second-order valence-electron chi connectivity index (χ2n) is 9.55. The molecular weight excluding hydrogens is 328 g/mol. The van der Waals surface area contributed by atoms with Gasteiger partial charge in [-0.3, -0.25) is 9.59 Å². The van der Waals surface area contributed by atoms with Crippen molar-refractivity contribution in [1.82, 2.24) is 0 Å². The van der Waals surface area contributed by atoms with Gasteiger partial charge in [-0.15, -0.1) is 0 Å². The second kappa shape index (κ2) is 5.79. The molecule has 6 atom stereocenters. The van der Waals surface area contributed by atoms with Crippen LogP contribution in [0, 0.1) is 28.6 Å². The second-order valence-corrected chi connectivity index (χ2v) is 9.55. The molecule has 0 spiro atoms. The molecule has 142 valence electrons. The molecule has 2 N–H and O–H groups in total. The third kappa shape index (κ3) is 2.37. The number of carboxylic acid groups (broad SMARTS) is 1. The first-order chi connectivity index (χ1) is 12.2. The molecule has 4 aliphatic carbocycles. The molecule has 2 saturated carbocycles. The molecule has 0 radical (unpaired) electrons. The van der Waals surface area contributed by atoms with Crippen molar-refractivity contribution >= 4 is 11.8 Å². The number of allylic oxidation sites excluding steroid dienone is 4. The number of hydrogen-bond acceptors (Lipinski definition) is 3. The maximum Gasteiger partial charge on any atom is 0.303 e. The summed E-state index contributed by atoms with van der Waals surface area (Å²) in [5.41, 5.74) is 0.179. The summed E-state index contributed by atoms with van der Waals surface area (Å²) in [6.07, 6.45) is 11.9. The van der Waals surface area contributed by atoms with E-state index in [1.165, 1.54) is 5.57 Å². The molecule has 0 aromatic carbocycles. The maximum absolute atomic E-state index is 11.9. The lowest BCUT2D eigenvalue weighted by molar-refractivity contribution is -0.144. The highest BCUT2D eigenvalue weighted by atomic mass is 16.4. The van der Waals surface area contributed by atoms with Crippen LogP contribution in [0.1, 0.15) is 65.2 Å². The van der Waals surface area contributed by atoms with Gasteiger partial charge in [0.15, 0.2) is 5.78 Å². The lowest BCUT2D eigenvalue weighted by Gasteiger charge is -2.57. The number of hydrogen-bond donors (Lipinski definition) is 2. The predicted molar refractivity (Wildman–Crippen MR) is 98.4 cm³/mol. The highest BCUT2D eigenvalue weighted by Crippen LogP contribution is 2.66. The molecule has 3 unspecified atom stereocenters. The Labute approximate surface area is 155 Å². The Balaban J connectivity index is 1.66. The van der Waals surface area contributed by atoms with E-state index in [4.69, 9.17) is 5.11 Å². The standard InChI is InChI=1S/C22H30O4/c1-20-9-5-15(23)13-14(20)3-4-16-17(20)6-10-21(2)18(16)7-11-22(21,26)12-8-19(24)25/h3-4,13,16-18,26H,5-12H2,1-2H3,(H,24,25)/t16?,17?,18?,20-,21-,22+/m1/s1. The third-order valence-electron chi connectivity index (χ3n) is 8.59. The monoisotopic (exact) mass is 358 g/mol. The Morgan fingerprint density at radius 1 is 1.19 bits per heavy atom. The van der Waals surface area contributed by atoms with Crippen LogP contribution in [-0.4, -0.2) is 27.6 Å². The minimum Gasteiger partial charge on any atom is -0.481 e. The molecule has 4 nitrogen and oxygen atoms in total. The molecule has 0 saturated heterocycles. The fourth-order valence-corrected chi connectivity index (χ4v) is 6.83. The maximum atomic E-state index is 11.9. The Morgan fingerprint density at radius 3 is 2.65 bits per heavy atom. The Kier molecular flexibility index (Phi) is 4.00. The first-order valence-corrected chi connectivity index (χ1v) is 10.1. The average molecular weight is 358 g/mol. The van der Waals surface area contributed by atoms with Gasteiger partial charge in [0.1, 0.15) is 0 Å². The van der Waals surface area contributed by atoms with Crippen LogP contribution < -0.4 is 0 Å². The van der Waals surface area contributed by atoms with Crippen molar-refractivity contribution in [3.8, 4) is 0 Å². The van der Waals surface area contributed by atoms with Crippen LogP contribution in [0.4, 0.5) is 0 Å². The van der Waals surface area contributed by atoms with E-state index in [2.05, 4.69) is 26.0 Å². The Bertz CT molecular complexity index is 707. The number of rotatable bonds is 3. The van der Waals surface area contributed by atoms with Gasteiger partial charge in [0.2, 0.25) is 0 Å². The van der Waals surface area contributed by atoms with Crippen molar-refractivity contribution in [3.63, 3.8) is 0 Å².